The molecule has 0 unspecified atom stereocenters. The first kappa shape index (κ1) is 18.9. The zero-order chi connectivity index (χ0) is 18.1. The topological polar surface area (TPSA) is 84.5 Å². The van der Waals surface area contributed by atoms with Crippen molar-refractivity contribution in [1.82, 2.24) is 10.2 Å². The monoisotopic (exact) mass is 360 g/mol. The molecule has 2 aromatic rings. The van der Waals surface area contributed by atoms with E-state index in [1.807, 2.05) is 30.3 Å². The third kappa shape index (κ3) is 6.15. The number of carbonyl (C=O) groups is 1. The number of benzene rings is 2. The van der Waals surface area contributed by atoms with Crippen LogP contribution in [0.1, 0.15) is 18.1 Å². The van der Waals surface area contributed by atoms with E-state index in [2.05, 4.69) is 10.2 Å². The minimum Gasteiger partial charge on any atom is -0.269 e. The Morgan fingerprint density at radius 2 is 1.76 bits per heavy atom. The summed E-state index contributed by atoms with van der Waals surface area (Å²) in [6, 6.07) is 15.7. The predicted octanol–water partition coefficient (Wildman–Crippen LogP) is 2.25. The van der Waals surface area contributed by atoms with Crippen molar-refractivity contribution >= 4 is 22.0 Å². The highest BCUT2D eigenvalue weighted by Gasteiger charge is 2.11. The molecule has 0 bridgehead atoms. The molecular formula is C18H20N2O4S. The molecule has 0 fully saturated rings. The number of hydrogen-bond donors (Lipinski definition) is 2. The van der Waals surface area contributed by atoms with Crippen molar-refractivity contribution in [1.29, 1.82) is 0 Å². The number of carbonyl (C=O) groups excluding carboxylic acids is 1. The van der Waals surface area contributed by atoms with Crippen LogP contribution < -0.4 is 10.2 Å². The van der Waals surface area contributed by atoms with Crippen molar-refractivity contribution in [2.45, 2.75) is 18.4 Å². The van der Waals surface area contributed by atoms with Crippen LogP contribution in [0.25, 0.3) is 6.08 Å². The lowest BCUT2D eigenvalue weighted by atomic mass is 10.2. The smallest absolute Gasteiger partial charge is 0.267 e. The van der Waals surface area contributed by atoms with E-state index in [1.54, 1.807) is 25.1 Å². The maximum Gasteiger partial charge on any atom is 0.267 e. The predicted molar refractivity (Wildman–Crippen MR) is 95.7 cm³/mol. The van der Waals surface area contributed by atoms with E-state index in [0.29, 0.717) is 12.1 Å². The third-order valence-electron chi connectivity index (χ3n) is 3.21. The van der Waals surface area contributed by atoms with Crippen molar-refractivity contribution < 1.29 is 18.0 Å². The summed E-state index contributed by atoms with van der Waals surface area (Å²) in [4.78, 5) is 17.0. The molecule has 132 valence electrons. The molecule has 0 saturated heterocycles. The van der Waals surface area contributed by atoms with Gasteiger partial charge in [0.05, 0.1) is 11.5 Å². The van der Waals surface area contributed by atoms with Crippen molar-refractivity contribution in [3.63, 3.8) is 0 Å². The quantitative estimate of drug-likeness (QED) is 0.559. The summed E-state index contributed by atoms with van der Waals surface area (Å²) in [5, 5.41) is 0. The fourth-order valence-corrected chi connectivity index (χ4v) is 3.04. The van der Waals surface area contributed by atoms with Crippen LogP contribution in [0.4, 0.5) is 0 Å². The Labute approximate surface area is 147 Å². The van der Waals surface area contributed by atoms with E-state index in [9.17, 15) is 13.2 Å². The largest absolute Gasteiger partial charge is 0.269 e. The molecule has 2 rings (SSSR count). The molecule has 0 aliphatic rings. The van der Waals surface area contributed by atoms with Gasteiger partial charge in [-0.2, -0.15) is 0 Å². The lowest BCUT2D eigenvalue weighted by Gasteiger charge is -2.05. The molecule has 0 heterocycles. The Kier molecular flexibility index (Phi) is 6.88. The van der Waals surface area contributed by atoms with Gasteiger partial charge in [-0.05, 0) is 29.3 Å². The van der Waals surface area contributed by atoms with Crippen LogP contribution in [0.15, 0.2) is 65.6 Å². The van der Waals surface area contributed by atoms with Crippen molar-refractivity contribution in [2.24, 2.45) is 0 Å². The molecule has 0 atom stereocenters. The van der Waals surface area contributed by atoms with E-state index < -0.39 is 15.9 Å². The Balaban J connectivity index is 1.85. The van der Waals surface area contributed by atoms with Gasteiger partial charge < -0.3 is 0 Å². The molecule has 25 heavy (non-hydrogen) atoms. The molecule has 7 heteroatoms. The minimum absolute atomic E-state index is 0.183. The molecule has 6 nitrogen and oxygen atoms in total. The molecule has 0 aliphatic carbocycles. The van der Waals surface area contributed by atoms with Crippen LogP contribution in [-0.4, -0.2) is 20.9 Å². The van der Waals surface area contributed by atoms with Crippen LogP contribution in [0.3, 0.4) is 0 Å². The lowest BCUT2D eigenvalue weighted by Crippen LogP contribution is -2.23. The summed E-state index contributed by atoms with van der Waals surface area (Å²) in [6.45, 7) is 2.32. The van der Waals surface area contributed by atoms with Crippen molar-refractivity contribution in [3.8, 4) is 0 Å². The summed E-state index contributed by atoms with van der Waals surface area (Å²) in [5.41, 5.74) is 3.97. The minimum atomic E-state index is -3.47. The number of nitrogens with one attached hydrogen (secondary N) is 2. The third-order valence-corrected chi connectivity index (χ3v) is 4.77. The number of hydrogen-bond acceptors (Lipinski definition) is 4. The first-order valence-electron chi connectivity index (χ1n) is 7.75. The molecule has 0 aromatic heterocycles. The normalized spacial score (nSPS) is 11.6. The van der Waals surface area contributed by atoms with Crippen LogP contribution in [0.5, 0.6) is 0 Å². The molecule has 0 spiro atoms. The van der Waals surface area contributed by atoms with Gasteiger partial charge in [-0.1, -0.05) is 49.4 Å². The summed E-state index contributed by atoms with van der Waals surface area (Å²) in [6.07, 6.45) is 2.89. The van der Waals surface area contributed by atoms with Gasteiger partial charge in [0.1, 0.15) is 0 Å². The standard InChI is InChI=1S/C18H20N2O4S/c1-2-19-25(22,23)17-11-8-15(9-12-17)10-13-18(21)20-24-14-16-6-4-3-5-7-16/h3-13,19H,2,14H2,1H3,(H,20,21)/b13-10+. The Morgan fingerprint density at radius 1 is 1.08 bits per heavy atom. The van der Waals surface area contributed by atoms with E-state index in [-0.39, 0.29) is 11.5 Å². The van der Waals surface area contributed by atoms with E-state index in [4.69, 9.17) is 4.84 Å². The number of amides is 1. The molecule has 1 amide bonds. The molecule has 0 radical (unpaired) electrons. The van der Waals surface area contributed by atoms with E-state index in [1.165, 1.54) is 18.2 Å². The van der Waals surface area contributed by atoms with Gasteiger partial charge in [-0.3, -0.25) is 9.63 Å². The average molecular weight is 360 g/mol. The summed E-state index contributed by atoms with van der Waals surface area (Å²) >= 11 is 0. The maximum atomic E-state index is 11.8. The molecular weight excluding hydrogens is 340 g/mol. The zero-order valence-corrected chi connectivity index (χ0v) is 14.6. The van der Waals surface area contributed by atoms with Gasteiger partial charge >= 0.3 is 0 Å². The van der Waals surface area contributed by atoms with Gasteiger partial charge in [0.2, 0.25) is 10.0 Å². The SMILES string of the molecule is CCNS(=O)(=O)c1ccc(/C=C/C(=O)NOCc2ccccc2)cc1. The van der Waals surface area contributed by atoms with Gasteiger partial charge in [0.15, 0.2) is 0 Å². The first-order valence-corrected chi connectivity index (χ1v) is 9.23. The van der Waals surface area contributed by atoms with E-state index >= 15 is 0 Å². The summed E-state index contributed by atoms with van der Waals surface area (Å²) in [5.74, 6) is -0.403. The van der Waals surface area contributed by atoms with Gasteiger partial charge in [-0.25, -0.2) is 18.6 Å². The maximum absolute atomic E-state index is 11.8. The highest BCUT2D eigenvalue weighted by molar-refractivity contribution is 7.89. The van der Waals surface area contributed by atoms with Gasteiger partial charge in [0, 0.05) is 12.6 Å². The molecule has 0 saturated carbocycles. The van der Waals surface area contributed by atoms with Gasteiger partial charge in [0.25, 0.3) is 5.91 Å². The molecule has 0 aliphatic heterocycles. The number of rotatable bonds is 8. The Bertz CT molecular complexity index is 816. The summed E-state index contributed by atoms with van der Waals surface area (Å²) < 4.78 is 26.1. The van der Waals surface area contributed by atoms with Crippen molar-refractivity contribution in [3.05, 3.63) is 71.8 Å². The van der Waals surface area contributed by atoms with Gasteiger partial charge in [-0.15, -0.1) is 0 Å². The number of sulfonamides is 1. The molecule has 2 aromatic carbocycles. The second-order valence-electron chi connectivity index (χ2n) is 5.14. The number of hydroxylamine groups is 1. The van der Waals surface area contributed by atoms with Crippen LogP contribution in [-0.2, 0) is 26.3 Å². The zero-order valence-electron chi connectivity index (χ0n) is 13.8. The van der Waals surface area contributed by atoms with E-state index in [0.717, 1.165) is 5.56 Å². The highest BCUT2D eigenvalue weighted by Crippen LogP contribution is 2.11. The Hall–Kier alpha value is -2.48. The highest BCUT2D eigenvalue weighted by atomic mass is 32.2. The molecule has 2 N–H and O–H groups in total. The fourth-order valence-electron chi connectivity index (χ4n) is 2.00. The fraction of sp³-hybridized carbons (Fsp3) is 0.167. The van der Waals surface area contributed by atoms with Crippen LogP contribution >= 0.6 is 0 Å². The second-order valence-corrected chi connectivity index (χ2v) is 6.91. The van der Waals surface area contributed by atoms with Crippen LogP contribution in [0.2, 0.25) is 0 Å². The average Bonchev–Trinajstić information content (AvgIpc) is 2.61. The second kappa shape index (κ2) is 9.12. The lowest BCUT2D eigenvalue weighted by molar-refractivity contribution is -0.129. The van der Waals surface area contributed by atoms with Crippen LogP contribution in [0, 0.1) is 0 Å². The Morgan fingerprint density at radius 3 is 2.40 bits per heavy atom. The van der Waals surface area contributed by atoms with Crippen molar-refractivity contribution in [2.75, 3.05) is 6.54 Å². The summed E-state index contributed by atoms with van der Waals surface area (Å²) in [7, 11) is -3.47. The first-order chi connectivity index (χ1) is 12.0.